The predicted molar refractivity (Wildman–Crippen MR) is 72.1 cm³/mol. The highest BCUT2D eigenvalue weighted by Crippen LogP contribution is 2.31. The van der Waals surface area contributed by atoms with Gasteiger partial charge in [-0.15, -0.1) is 0 Å². The van der Waals surface area contributed by atoms with E-state index in [0.717, 1.165) is 16.3 Å². The highest BCUT2D eigenvalue weighted by atomic mass is 79.9. The lowest BCUT2D eigenvalue weighted by molar-refractivity contribution is 0.425. The molecule has 0 saturated carbocycles. The number of halogens is 2. The summed E-state index contributed by atoms with van der Waals surface area (Å²) in [6.07, 6.45) is 2.46. The van der Waals surface area contributed by atoms with E-state index in [9.17, 15) is 0 Å². The Bertz CT molecular complexity index is 277. The molecule has 1 atom stereocenters. The molecule has 1 rings (SSSR count). The lowest BCUT2D eigenvalue weighted by Crippen LogP contribution is -2.12. The maximum Gasteiger partial charge on any atom is 0.0406 e. The predicted octanol–water partition coefficient (Wildman–Crippen LogP) is 5.25. The molecule has 0 heterocycles. The molecule has 0 aliphatic rings. The van der Waals surface area contributed by atoms with Crippen molar-refractivity contribution in [3.63, 3.8) is 0 Å². The van der Waals surface area contributed by atoms with Crippen molar-refractivity contribution in [2.24, 2.45) is 5.92 Å². The molecule has 0 radical (unpaired) electrons. The van der Waals surface area contributed by atoms with Gasteiger partial charge in [-0.05, 0) is 29.5 Å². The molecule has 84 valence electrons. The van der Waals surface area contributed by atoms with Crippen LogP contribution in [-0.2, 0) is 0 Å². The molecule has 1 aromatic rings. The molecule has 0 saturated heterocycles. The molecule has 1 aromatic carbocycles. The largest absolute Gasteiger partial charge is 0.0921 e. The van der Waals surface area contributed by atoms with Crippen molar-refractivity contribution in [3.8, 4) is 0 Å². The van der Waals surface area contributed by atoms with Crippen LogP contribution in [0, 0.1) is 5.92 Å². The zero-order valence-electron chi connectivity index (χ0n) is 9.34. The van der Waals surface area contributed by atoms with Crippen LogP contribution in [0.1, 0.15) is 38.2 Å². The molecule has 0 bridgehead atoms. The zero-order chi connectivity index (χ0) is 11.3. The average Bonchev–Trinajstić information content (AvgIpc) is 2.27. The van der Waals surface area contributed by atoms with Gasteiger partial charge in [0.25, 0.3) is 0 Å². The minimum absolute atomic E-state index is 0.609. The molecular formula is C13H18BrCl. The van der Waals surface area contributed by atoms with Crippen molar-refractivity contribution in [3.05, 3.63) is 34.9 Å². The summed E-state index contributed by atoms with van der Waals surface area (Å²) in [5.41, 5.74) is 1.39. The fraction of sp³-hybridized carbons (Fsp3) is 0.538. The third-order valence-electron chi connectivity index (χ3n) is 3.08. The van der Waals surface area contributed by atoms with Gasteiger partial charge >= 0.3 is 0 Å². The molecule has 0 N–H and O–H groups in total. The minimum atomic E-state index is 0.609. The van der Waals surface area contributed by atoms with Gasteiger partial charge in [0, 0.05) is 10.4 Å². The van der Waals surface area contributed by atoms with E-state index < -0.39 is 0 Å². The summed E-state index contributed by atoms with van der Waals surface area (Å²) >= 11 is 9.52. The first-order valence-electron chi connectivity index (χ1n) is 5.54. The van der Waals surface area contributed by atoms with Gasteiger partial charge in [-0.3, -0.25) is 0 Å². The third-order valence-corrected chi connectivity index (χ3v) is 4.03. The minimum Gasteiger partial charge on any atom is -0.0921 e. The maximum absolute atomic E-state index is 5.90. The smallest absolute Gasteiger partial charge is 0.0406 e. The van der Waals surface area contributed by atoms with E-state index in [2.05, 4.69) is 41.9 Å². The van der Waals surface area contributed by atoms with Crippen LogP contribution in [0.25, 0.3) is 0 Å². The van der Waals surface area contributed by atoms with E-state index in [4.69, 9.17) is 11.6 Å². The first-order chi connectivity index (χ1) is 7.22. The van der Waals surface area contributed by atoms with E-state index in [0.29, 0.717) is 5.92 Å². The van der Waals surface area contributed by atoms with E-state index in [-0.39, 0.29) is 0 Å². The summed E-state index contributed by atoms with van der Waals surface area (Å²) in [4.78, 5) is 0. The standard InChI is InChI=1S/C13H18BrCl/c1-3-10(4-2)13(9-14)11-5-7-12(15)8-6-11/h5-8,10,13H,3-4,9H2,1-2H3. The van der Waals surface area contributed by atoms with Crippen molar-refractivity contribution in [2.45, 2.75) is 32.6 Å². The number of alkyl halides is 1. The van der Waals surface area contributed by atoms with Gasteiger partial charge < -0.3 is 0 Å². The maximum atomic E-state index is 5.90. The molecule has 15 heavy (non-hydrogen) atoms. The normalized spacial score (nSPS) is 13.1. The summed E-state index contributed by atoms with van der Waals surface area (Å²) in [6, 6.07) is 8.25. The van der Waals surface area contributed by atoms with Crippen LogP contribution < -0.4 is 0 Å². The van der Waals surface area contributed by atoms with Crippen molar-refractivity contribution < 1.29 is 0 Å². The van der Waals surface area contributed by atoms with Crippen LogP contribution in [0.4, 0.5) is 0 Å². The summed E-state index contributed by atoms with van der Waals surface area (Å²) in [5, 5.41) is 1.85. The second-order valence-corrected chi connectivity index (χ2v) is 4.97. The molecule has 0 nitrogen and oxygen atoms in total. The Hall–Kier alpha value is -0.0100. The lowest BCUT2D eigenvalue weighted by atomic mass is 9.84. The zero-order valence-corrected chi connectivity index (χ0v) is 11.7. The Morgan fingerprint density at radius 1 is 1.13 bits per heavy atom. The van der Waals surface area contributed by atoms with Gasteiger partial charge in [-0.25, -0.2) is 0 Å². The number of hydrogen-bond acceptors (Lipinski definition) is 0. The number of benzene rings is 1. The Morgan fingerprint density at radius 3 is 2.07 bits per heavy atom. The van der Waals surface area contributed by atoms with Crippen LogP contribution in [0.3, 0.4) is 0 Å². The SMILES string of the molecule is CCC(CC)C(CBr)c1ccc(Cl)cc1. The summed E-state index contributed by atoms with van der Waals surface area (Å²) in [5.74, 6) is 1.36. The fourth-order valence-electron chi connectivity index (χ4n) is 2.05. The first-order valence-corrected chi connectivity index (χ1v) is 7.04. The first kappa shape index (κ1) is 13.1. The van der Waals surface area contributed by atoms with E-state index >= 15 is 0 Å². The highest BCUT2D eigenvalue weighted by molar-refractivity contribution is 9.09. The molecule has 0 amide bonds. The molecule has 0 spiro atoms. The molecular weight excluding hydrogens is 272 g/mol. The second kappa shape index (κ2) is 6.55. The van der Waals surface area contributed by atoms with Crippen molar-refractivity contribution >= 4 is 27.5 Å². The van der Waals surface area contributed by atoms with Gasteiger partial charge in [-0.1, -0.05) is 66.4 Å². The monoisotopic (exact) mass is 288 g/mol. The summed E-state index contributed by atoms with van der Waals surface area (Å²) in [6.45, 7) is 4.53. The highest BCUT2D eigenvalue weighted by Gasteiger charge is 2.18. The quantitative estimate of drug-likeness (QED) is 0.649. The molecule has 1 unspecified atom stereocenters. The molecule has 2 heteroatoms. The van der Waals surface area contributed by atoms with Gasteiger partial charge in [0.1, 0.15) is 0 Å². The third kappa shape index (κ3) is 3.49. The van der Waals surface area contributed by atoms with Crippen LogP contribution in [0.5, 0.6) is 0 Å². The fourth-order valence-corrected chi connectivity index (χ4v) is 3.08. The van der Waals surface area contributed by atoms with Crippen LogP contribution >= 0.6 is 27.5 Å². The van der Waals surface area contributed by atoms with Crippen LogP contribution in [-0.4, -0.2) is 5.33 Å². The van der Waals surface area contributed by atoms with Gasteiger partial charge in [0.15, 0.2) is 0 Å². The lowest BCUT2D eigenvalue weighted by Gasteiger charge is -2.23. The Morgan fingerprint density at radius 2 is 1.67 bits per heavy atom. The van der Waals surface area contributed by atoms with E-state index in [1.54, 1.807) is 0 Å². The Balaban J connectivity index is 2.86. The van der Waals surface area contributed by atoms with Crippen molar-refractivity contribution in [1.82, 2.24) is 0 Å². The topological polar surface area (TPSA) is 0 Å². The van der Waals surface area contributed by atoms with Gasteiger partial charge in [-0.2, -0.15) is 0 Å². The average molecular weight is 290 g/mol. The molecule has 0 aliphatic heterocycles. The number of hydrogen-bond donors (Lipinski definition) is 0. The van der Waals surface area contributed by atoms with Gasteiger partial charge in [0.05, 0.1) is 0 Å². The van der Waals surface area contributed by atoms with Gasteiger partial charge in [0.2, 0.25) is 0 Å². The summed E-state index contributed by atoms with van der Waals surface area (Å²) < 4.78 is 0. The second-order valence-electron chi connectivity index (χ2n) is 3.89. The Labute approximate surface area is 106 Å². The van der Waals surface area contributed by atoms with E-state index in [1.807, 2.05) is 12.1 Å². The number of rotatable bonds is 5. The Kier molecular flexibility index (Phi) is 5.70. The summed E-state index contributed by atoms with van der Waals surface area (Å²) in [7, 11) is 0. The van der Waals surface area contributed by atoms with E-state index in [1.165, 1.54) is 18.4 Å². The molecule has 0 aliphatic carbocycles. The molecule has 0 aromatic heterocycles. The molecule has 0 fully saturated rings. The van der Waals surface area contributed by atoms with Crippen LogP contribution in [0.2, 0.25) is 5.02 Å². The van der Waals surface area contributed by atoms with Crippen molar-refractivity contribution in [2.75, 3.05) is 5.33 Å². The van der Waals surface area contributed by atoms with Crippen molar-refractivity contribution in [1.29, 1.82) is 0 Å². The van der Waals surface area contributed by atoms with Crippen LogP contribution in [0.15, 0.2) is 24.3 Å².